The van der Waals surface area contributed by atoms with Crippen LogP contribution in [0.4, 0.5) is 0 Å². The van der Waals surface area contributed by atoms with E-state index in [1.54, 1.807) is 11.3 Å². The summed E-state index contributed by atoms with van der Waals surface area (Å²) in [6, 6.07) is 4.72. The van der Waals surface area contributed by atoms with E-state index < -0.39 is 0 Å². The molecule has 0 bridgehead atoms. The summed E-state index contributed by atoms with van der Waals surface area (Å²) in [7, 11) is 0. The van der Waals surface area contributed by atoms with Crippen molar-refractivity contribution in [3.8, 4) is 0 Å². The number of ether oxygens (including phenoxy) is 1. The SMILES string of the molecule is CCC(CNC(C)C)OCc1cccs1. The maximum absolute atomic E-state index is 5.83. The second kappa shape index (κ2) is 6.99. The molecule has 0 saturated heterocycles. The summed E-state index contributed by atoms with van der Waals surface area (Å²) >= 11 is 1.75. The molecule has 0 aromatic carbocycles. The van der Waals surface area contributed by atoms with Crippen molar-refractivity contribution in [3.63, 3.8) is 0 Å². The van der Waals surface area contributed by atoms with Crippen LogP contribution in [0.5, 0.6) is 0 Å². The molecule has 1 aromatic rings. The molecule has 1 aromatic heterocycles. The van der Waals surface area contributed by atoms with Gasteiger partial charge in [0.05, 0.1) is 12.7 Å². The van der Waals surface area contributed by atoms with Crippen LogP contribution < -0.4 is 5.32 Å². The van der Waals surface area contributed by atoms with Crippen LogP contribution in [-0.4, -0.2) is 18.7 Å². The van der Waals surface area contributed by atoms with Gasteiger partial charge in [0.25, 0.3) is 0 Å². The largest absolute Gasteiger partial charge is 0.371 e. The second-order valence-electron chi connectivity index (χ2n) is 3.98. The van der Waals surface area contributed by atoms with Crippen molar-refractivity contribution in [2.45, 2.75) is 45.9 Å². The van der Waals surface area contributed by atoms with Crippen molar-refractivity contribution in [3.05, 3.63) is 22.4 Å². The van der Waals surface area contributed by atoms with Gasteiger partial charge in [-0.05, 0) is 17.9 Å². The third kappa shape index (κ3) is 5.30. The predicted molar refractivity (Wildman–Crippen MR) is 66.3 cm³/mol. The van der Waals surface area contributed by atoms with Gasteiger partial charge in [-0.3, -0.25) is 0 Å². The molecule has 0 fully saturated rings. The van der Waals surface area contributed by atoms with Crippen molar-refractivity contribution in [1.82, 2.24) is 5.32 Å². The van der Waals surface area contributed by atoms with E-state index in [4.69, 9.17) is 4.74 Å². The topological polar surface area (TPSA) is 21.3 Å². The van der Waals surface area contributed by atoms with E-state index in [1.165, 1.54) is 4.88 Å². The summed E-state index contributed by atoms with van der Waals surface area (Å²) in [5.74, 6) is 0. The van der Waals surface area contributed by atoms with Crippen LogP contribution in [0, 0.1) is 0 Å². The highest BCUT2D eigenvalue weighted by Gasteiger charge is 2.07. The summed E-state index contributed by atoms with van der Waals surface area (Å²) in [4.78, 5) is 1.30. The predicted octanol–water partition coefficient (Wildman–Crippen LogP) is 3.04. The first-order chi connectivity index (χ1) is 7.22. The first kappa shape index (κ1) is 12.7. The Morgan fingerprint density at radius 2 is 2.27 bits per heavy atom. The van der Waals surface area contributed by atoms with Crippen LogP contribution in [0.1, 0.15) is 32.1 Å². The molecule has 1 heterocycles. The maximum Gasteiger partial charge on any atom is 0.0813 e. The third-order valence-electron chi connectivity index (χ3n) is 2.25. The van der Waals surface area contributed by atoms with Gasteiger partial charge < -0.3 is 10.1 Å². The zero-order valence-electron chi connectivity index (χ0n) is 9.82. The Hall–Kier alpha value is -0.380. The average Bonchev–Trinajstić information content (AvgIpc) is 2.70. The molecule has 1 unspecified atom stereocenters. The molecule has 0 aliphatic rings. The van der Waals surface area contributed by atoms with Crippen molar-refractivity contribution in [2.75, 3.05) is 6.54 Å². The Bertz CT molecular complexity index is 246. The molecule has 15 heavy (non-hydrogen) atoms. The molecule has 0 saturated carbocycles. The third-order valence-corrected chi connectivity index (χ3v) is 3.10. The molecule has 3 heteroatoms. The summed E-state index contributed by atoms with van der Waals surface area (Å²) < 4.78 is 5.83. The smallest absolute Gasteiger partial charge is 0.0813 e. The minimum atomic E-state index is 0.328. The normalized spacial score (nSPS) is 13.3. The van der Waals surface area contributed by atoms with Gasteiger partial charge in [0.15, 0.2) is 0 Å². The van der Waals surface area contributed by atoms with Crippen molar-refractivity contribution in [2.24, 2.45) is 0 Å². The molecule has 0 amide bonds. The Labute approximate surface area is 96.7 Å². The van der Waals surface area contributed by atoms with Crippen LogP contribution in [0.15, 0.2) is 17.5 Å². The van der Waals surface area contributed by atoms with E-state index in [0.717, 1.165) is 19.6 Å². The fourth-order valence-corrected chi connectivity index (χ4v) is 1.91. The number of hydrogen-bond donors (Lipinski definition) is 1. The van der Waals surface area contributed by atoms with Crippen LogP contribution in [0.2, 0.25) is 0 Å². The molecular formula is C12H21NOS. The van der Waals surface area contributed by atoms with Crippen LogP contribution in [-0.2, 0) is 11.3 Å². The van der Waals surface area contributed by atoms with Crippen molar-refractivity contribution in [1.29, 1.82) is 0 Å². The average molecular weight is 227 g/mol. The van der Waals surface area contributed by atoms with Crippen LogP contribution in [0.25, 0.3) is 0 Å². The highest BCUT2D eigenvalue weighted by Crippen LogP contribution is 2.11. The molecular weight excluding hydrogens is 206 g/mol. The summed E-state index contributed by atoms with van der Waals surface area (Å²) in [6.45, 7) is 8.18. The fraction of sp³-hybridized carbons (Fsp3) is 0.667. The highest BCUT2D eigenvalue weighted by molar-refractivity contribution is 7.09. The van der Waals surface area contributed by atoms with E-state index in [9.17, 15) is 0 Å². The number of nitrogens with one attached hydrogen (secondary N) is 1. The standard InChI is InChI=1S/C12H21NOS/c1-4-11(8-13-10(2)3)14-9-12-6-5-7-15-12/h5-7,10-11,13H,4,8-9H2,1-3H3. The number of thiophene rings is 1. The molecule has 1 N–H and O–H groups in total. The van der Waals surface area contributed by atoms with E-state index in [1.807, 2.05) is 0 Å². The molecule has 86 valence electrons. The van der Waals surface area contributed by atoms with Gasteiger partial charge in [-0.25, -0.2) is 0 Å². The van der Waals surface area contributed by atoms with Crippen molar-refractivity contribution >= 4 is 11.3 Å². The molecule has 0 aliphatic heterocycles. The lowest BCUT2D eigenvalue weighted by atomic mass is 10.2. The Balaban J connectivity index is 2.22. The maximum atomic E-state index is 5.83. The summed E-state index contributed by atoms with van der Waals surface area (Å²) in [5.41, 5.74) is 0. The lowest BCUT2D eigenvalue weighted by Gasteiger charge is -2.18. The molecule has 0 aliphatic carbocycles. The first-order valence-corrected chi connectivity index (χ1v) is 6.47. The highest BCUT2D eigenvalue weighted by atomic mass is 32.1. The lowest BCUT2D eigenvalue weighted by Crippen LogP contribution is -2.33. The minimum Gasteiger partial charge on any atom is -0.371 e. The Kier molecular flexibility index (Phi) is 5.91. The van der Waals surface area contributed by atoms with Gasteiger partial charge in [0.1, 0.15) is 0 Å². The number of hydrogen-bond acceptors (Lipinski definition) is 3. The molecule has 1 rings (SSSR count). The van der Waals surface area contributed by atoms with Gasteiger partial charge in [0.2, 0.25) is 0 Å². The minimum absolute atomic E-state index is 0.328. The summed E-state index contributed by atoms with van der Waals surface area (Å²) in [5, 5.41) is 5.49. The van der Waals surface area contributed by atoms with Crippen LogP contribution >= 0.6 is 11.3 Å². The zero-order chi connectivity index (χ0) is 11.1. The Morgan fingerprint density at radius 1 is 1.47 bits per heavy atom. The van der Waals surface area contributed by atoms with E-state index >= 15 is 0 Å². The van der Waals surface area contributed by atoms with E-state index in [2.05, 4.69) is 43.6 Å². The van der Waals surface area contributed by atoms with Gasteiger partial charge in [0, 0.05) is 17.5 Å². The fourth-order valence-electron chi connectivity index (χ4n) is 1.28. The summed E-state index contributed by atoms with van der Waals surface area (Å²) in [6.07, 6.45) is 1.39. The second-order valence-corrected chi connectivity index (χ2v) is 5.02. The molecule has 2 nitrogen and oxygen atoms in total. The zero-order valence-corrected chi connectivity index (χ0v) is 10.6. The molecule has 1 atom stereocenters. The van der Waals surface area contributed by atoms with Crippen molar-refractivity contribution < 1.29 is 4.74 Å². The van der Waals surface area contributed by atoms with E-state index in [0.29, 0.717) is 12.1 Å². The molecule has 0 radical (unpaired) electrons. The van der Waals surface area contributed by atoms with Gasteiger partial charge in [-0.15, -0.1) is 11.3 Å². The lowest BCUT2D eigenvalue weighted by molar-refractivity contribution is 0.0388. The number of rotatable bonds is 7. The monoisotopic (exact) mass is 227 g/mol. The first-order valence-electron chi connectivity index (χ1n) is 5.59. The quantitative estimate of drug-likeness (QED) is 0.773. The molecule has 0 spiro atoms. The van der Waals surface area contributed by atoms with Gasteiger partial charge >= 0.3 is 0 Å². The Morgan fingerprint density at radius 3 is 2.80 bits per heavy atom. The van der Waals surface area contributed by atoms with E-state index in [-0.39, 0.29) is 0 Å². The van der Waals surface area contributed by atoms with Gasteiger partial charge in [-0.1, -0.05) is 26.8 Å². The van der Waals surface area contributed by atoms with Gasteiger partial charge in [-0.2, -0.15) is 0 Å². The van der Waals surface area contributed by atoms with Crippen LogP contribution in [0.3, 0.4) is 0 Å².